The molecule has 0 aliphatic carbocycles. The Morgan fingerprint density at radius 1 is 1.29 bits per heavy atom. The zero-order valence-corrected chi connectivity index (χ0v) is 14.3. The number of hydrogen-bond donors (Lipinski definition) is 2. The van der Waals surface area contributed by atoms with Crippen LogP contribution in [0.25, 0.3) is 0 Å². The molecule has 0 amide bonds. The largest absolute Gasteiger partial charge is 0.349 e. The third kappa shape index (κ3) is 5.78. The quantitative estimate of drug-likeness (QED) is 0.628. The Bertz CT molecular complexity index is 523. The van der Waals surface area contributed by atoms with Crippen molar-refractivity contribution >= 4 is 10.0 Å². The minimum Gasteiger partial charge on any atom is -0.349 e. The third-order valence-corrected chi connectivity index (χ3v) is 4.67. The second kappa shape index (κ2) is 8.53. The van der Waals surface area contributed by atoms with Gasteiger partial charge in [-0.15, -0.1) is 0 Å². The number of sulfonamides is 1. The van der Waals surface area contributed by atoms with Gasteiger partial charge in [0.25, 0.3) is 0 Å². The summed E-state index contributed by atoms with van der Waals surface area (Å²) in [4.78, 5) is 2.39. The summed E-state index contributed by atoms with van der Waals surface area (Å²) in [7, 11) is 0.538. The molecule has 1 aromatic heterocycles. The van der Waals surface area contributed by atoms with Crippen LogP contribution in [-0.2, 0) is 23.1 Å². The molecular weight excluding hydrogens is 288 g/mol. The lowest BCUT2D eigenvalue weighted by Crippen LogP contribution is -2.27. The molecule has 0 fully saturated rings. The molecule has 0 aromatic carbocycles. The molecule has 0 spiro atoms. The van der Waals surface area contributed by atoms with E-state index in [1.54, 1.807) is 12.3 Å². The van der Waals surface area contributed by atoms with E-state index in [9.17, 15) is 8.42 Å². The molecule has 1 rings (SSSR count). The highest BCUT2D eigenvalue weighted by atomic mass is 32.2. The van der Waals surface area contributed by atoms with Crippen LogP contribution in [0.3, 0.4) is 0 Å². The molecule has 1 aromatic rings. The Balaban J connectivity index is 2.71. The zero-order valence-electron chi connectivity index (χ0n) is 13.5. The molecule has 0 unspecified atom stereocenters. The van der Waals surface area contributed by atoms with Gasteiger partial charge in [-0.1, -0.05) is 6.92 Å². The van der Waals surface area contributed by atoms with Crippen molar-refractivity contribution in [3.63, 3.8) is 0 Å². The summed E-state index contributed by atoms with van der Waals surface area (Å²) in [6.07, 6.45) is 2.51. The summed E-state index contributed by atoms with van der Waals surface area (Å²) < 4.78 is 29.2. The lowest BCUT2D eigenvalue weighted by Gasteiger charge is -2.09. The van der Waals surface area contributed by atoms with Crippen molar-refractivity contribution < 1.29 is 8.42 Å². The van der Waals surface area contributed by atoms with E-state index in [0.29, 0.717) is 18.0 Å². The first-order valence-corrected chi connectivity index (χ1v) is 8.93. The molecule has 0 radical (unpaired) electrons. The monoisotopic (exact) mass is 316 g/mol. The molecule has 7 heteroatoms. The van der Waals surface area contributed by atoms with E-state index in [1.165, 1.54) is 0 Å². The maximum Gasteiger partial charge on any atom is 0.242 e. The molecule has 0 aliphatic heterocycles. The number of aromatic nitrogens is 1. The average Bonchev–Trinajstić information content (AvgIpc) is 2.85. The molecular formula is C14H28N4O2S. The molecule has 122 valence electrons. The van der Waals surface area contributed by atoms with Crippen molar-refractivity contribution in [1.82, 2.24) is 19.5 Å². The van der Waals surface area contributed by atoms with E-state index in [0.717, 1.165) is 31.7 Å². The average molecular weight is 316 g/mol. The highest BCUT2D eigenvalue weighted by molar-refractivity contribution is 7.89. The number of nitrogens with one attached hydrogen (secondary N) is 2. The number of rotatable bonds is 10. The van der Waals surface area contributed by atoms with Gasteiger partial charge in [0.1, 0.15) is 0 Å². The topological polar surface area (TPSA) is 66.4 Å². The van der Waals surface area contributed by atoms with Gasteiger partial charge in [0.15, 0.2) is 0 Å². The lowest BCUT2D eigenvalue weighted by atomic mass is 10.4. The molecule has 2 N–H and O–H groups in total. The van der Waals surface area contributed by atoms with Crippen molar-refractivity contribution in [2.45, 2.75) is 38.3 Å². The summed E-state index contributed by atoms with van der Waals surface area (Å²) in [6, 6.07) is 1.75. The SMILES string of the molecule is CCNCc1cc(S(=O)(=O)NCCCN(C)C)cn1CC. The summed E-state index contributed by atoms with van der Waals surface area (Å²) in [5, 5.41) is 3.23. The Morgan fingerprint density at radius 3 is 2.57 bits per heavy atom. The van der Waals surface area contributed by atoms with Crippen molar-refractivity contribution in [1.29, 1.82) is 0 Å². The van der Waals surface area contributed by atoms with Gasteiger partial charge < -0.3 is 14.8 Å². The normalized spacial score (nSPS) is 12.2. The van der Waals surface area contributed by atoms with Crippen LogP contribution in [0.5, 0.6) is 0 Å². The van der Waals surface area contributed by atoms with Crippen LogP contribution in [0, 0.1) is 0 Å². The first kappa shape index (κ1) is 18.2. The zero-order chi connectivity index (χ0) is 15.9. The van der Waals surface area contributed by atoms with Crippen LogP contribution in [0.4, 0.5) is 0 Å². The molecule has 21 heavy (non-hydrogen) atoms. The number of aryl methyl sites for hydroxylation is 1. The van der Waals surface area contributed by atoms with Gasteiger partial charge >= 0.3 is 0 Å². The fourth-order valence-electron chi connectivity index (χ4n) is 2.05. The van der Waals surface area contributed by atoms with Crippen LogP contribution < -0.4 is 10.0 Å². The molecule has 6 nitrogen and oxygen atoms in total. The van der Waals surface area contributed by atoms with E-state index < -0.39 is 10.0 Å². The molecule has 0 saturated carbocycles. The molecule has 0 atom stereocenters. The standard InChI is InChI=1S/C14H28N4O2S/c1-5-15-11-13-10-14(12-18(13)6-2)21(19,20)16-8-7-9-17(3)4/h10,12,15-16H,5-9,11H2,1-4H3. The Kier molecular flexibility index (Phi) is 7.37. The highest BCUT2D eigenvalue weighted by Crippen LogP contribution is 2.14. The predicted molar refractivity (Wildman–Crippen MR) is 85.8 cm³/mol. The Morgan fingerprint density at radius 2 is 2.00 bits per heavy atom. The van der Waals surface area contributed by atoms with Crippen molar-refractivity contribution in [3.05, 3.63) is 18.0 Å². The molecule has 0 saturated heterocycles. The van der Waals surface area contributed by atoms with Crippen molar-refractivity contribution in [2.24, 2.45) is 0 Å². The first-order chi connectivity index (χ1) is 9.90. The summed E-state index contributed by atoms with van der Waals surface area (Å²) >= 11 is 0. The lowest BCUT2D eigenvalue weighted by molar-refractivity contribution is 0.400. The van der Waals surface area contributed by atoms with Crippen LogP contribution in [0.15, 0.2) is 17.2 Å². The Hall–Kier alpha value is -0.890. The van der Waals surface area contributed by atoms with Gasteiger partial charge in [-0.2, -0.15) is 0 Å². The molecule has 1 heterocycles. The number of nitrogens with zero attached hydrogens (tertiary/aromatic N) is 2. The van der Waals surface area contributed by atoms with Crippen molar-refractivity contribution in [3.8, 4) is 0 Å². The van der Waals surface area contributed by atoms with Crippen LogP contribution >= 0.6 is 0 Å². The minimum absolute atomic E-state index is 0.349. The van der Waals surface area contributed by atoms with E-state index in [4.69, 9.17) is 0 Å². The second-order valence-corrected chi connectivity index (χ2v) is 7.06. The smallest absolute Gasteiger partial charge is 0.242 e. The van der Waals surface area contributed by atoms with E-state index in [2.05, 4.69) is 10.0 Å². The van der Waals surface area contributed by atoms with E-state index in [1.807, 2.05) is 37.4 Å². The second-order valence-electron chi connectivity index (χ2n) is 5.29. The first-order valence-electron chi connectivity index (χ1n) is 7.44. The fourth-order valence-corrected chi connectivity index (χ4v) is 3.19. The van der Waals surface area contributed by atoms with Gasteiger partial charge in [0.2, 0.25) is 10.0 Å². The summed E-state index contributed by atoms with van der Waals surface area (Å²) in [5.74, 6) is 0. The van der Waals surface area contributed by atoms with Crippen LogP contribution in [0.1, 0.15) is 26.0 Å². The predicted octanol–water partition coefficient (Wildman–Crippen LogP) is 0.847. The van der Waals surface area contributed by atoms with E-state index in [-0.39, 0.29) is 0 Å². The van der Waals surface area contributed by atoms with Gasteiger partial charge in [-0.05, 0) is 46.6 Å². The fraction of sp³-hybridized carbons (Fsp3) is 0.714. The van der Waals surface area contributed by atoms with E-state index >= 15 is 0 Å². The Labute approximate surface area is 128 Å². The highest BCUT2D eigenvalue weighted by Gasteiger charge is 2.17. The summed E-state index contributed by atoms with van der Waals surface area (Å²) in [6.45, 7) is 7.67. The maximum atomic E-state index is 12.3. The molecule has 0 aliphatic rings. The third-order valence-electron chi connectivity index (χ3n) is 3.24. The van der Waals surface area contributed by atoms with Gasteiger partial charge in [-0.25, -0.2) is 13.1 Å². The van der Waals surface area contributed by atoms with Crippen molar-refractivity contribution in [2.75, 3.05) is 33.7 Å². The maximum absolute atomic E-state index is 12.3. The van der Waals surface area contributed by atoms with Gasteiger partial charge in [0.05, 0.1) is 4.90 Å². The minimum atomic E-state index is -3.41. The van der Waals surface area contributed by atoms with Crippen LogP contribution in [0.2, 0.25) is 0 Å². The number of hydrogen-bond acceptors (Lipinski definition) is 4. The summed E-state index contributed by atoms with van der Waals surface area (Å²) in [5.41, 5.74) is 0.994. The van der Waals surface area contributed by atoms with Gasteiger partial charge in [-0.3, -0.25) is 0 Å². The van der Waals surface area contributed by atoms with Gasteiger partial charge in [0, 0.05) is 31.5 Å². The van der Waals surface area contributed by atoms with Crippen LogP contribution in [-0.4, -0.2) is 51.6 Å². The molecule has 0 bridgehead atoms.